The van der Waals surface area contributed by atoms with E-state index in [9.17, 15) is 20.1 Å². The van der Waals surface area contributed by atoms with Crippen molar-refractivity contribution in [3.05, 3.63) is 12.2 Å². The van der Waals surface area contributed by atoms with Gasteiger partial charge in [-0.2, -0.15) is 0 Å². The summed E-state index contributed by atoms with van der Waals surface area (Å²) in [4.78, 5) is 12.3. The van der Waals surface area contributed by atoms with E-state index < -0.39 is 24.2 Å². The maximum Gasteiger partial charge on any atom is 0.249 e. The Bertz CT molecular complexity index is 483. The number of hydrogen-bond acceptors (Lipinski definition) is 4. The van der Waals surface area contributed by atoms with Crippen LogP contribution < -0.4 is 5.32 Å². The van der Waals surface area contributed by atoms with Crippen molar-refractivity contribution in [2.24, 2.45) is 0 Å². The van der Waals surface area contributed by atoms with Crippen LogP contribution >= 0.6 is 0 Å². The molecule has 0 fully saturated rings. The molecular formula is C30H59NO4. The monoisotopic (exact) mass is 497 g/mol. The molecule has 4 N–H and O–H groups in total. The zero-order valence-electron chi connectivity index (χ0n) is 23.2. The topological polar surface area (TPSA) is 89.8 Å². The van der Waals surface area contributed by atoms with Crippen LogP contribution in [0.5, 0.6) is 0 Å². The van der Waals surface area contributed by atoms with Gasteiger partial charge in [0.05, 0.1) is 18.8 Å². The third-order valence-electron chi connectivity index (χ3n) is 6.88. The minimum atomic E-state index is -1.09. The molecule has 0 saturated carbocycles. The molecule has 0 saturated heterocycles. The van der Waals surface area contributed by atoms with Gasteiger partial charge in [0.25, 0.3) is 0 Å². The van der Waals surface area contributed by atoms with Crippen LogP contribution in [0, 0.1) is 0 Å². The van der Waals surface area contributed by atoms with Crippen molar-refractivity contribution in [3.8, 4) is 0 Å². The molecule has 5 nitrogen and oxygen atoms in total. The average Bonchev–Trinajstić information content (AvgIpc) is 2.86. The van der Waals surface area contributed by atoms with Gasteiger partial charge in [0.15, 0.2) is 0 Å². The molecule has 0 aromatic carbocycles. The van der Waals surface area contributed by atoms with Gasteiger partial charge in [0.1, 0.15) is 6.10 Å². The summed E-state index contributed by atoms with van der Waals surface area (Å²) in [6.07, 6.45) is 26.5. The van der Waals surface area contributed by atoms with Crippen LogP contribution in [0.25, 0.3) is 0 Å². The van der Waals surface area contributed by atoms with Crippen molar-refractivity contribution >= 4 is 5.91 Å². The van der Waals surface area contributed by atoms with E-state index in [0.717, 1.165) is 32.1 Å². The van der Waals surface area contributed by atoms with Gasteiger partial charge in [-0.1, -0.05) is 142 Å². The molecule has 1 amide bonds. The largest absolute Gasteiger partial charge is 0.394 e. The first-order chi connectivity index (χ1) is 17.1. The molecule has 35 heavy (non-hydrogen) atoms. The second-order valence-electron chi connectivity index (χ2n) is 10.3. The Morgan fingerprint density at radius 2 is 1.11 bits per heavy atom. The van der Waals surface area contributed by atoms with Gasteiger partial charge in [-0.15, -0.1) is 0 Å². The SMILES string of the molecule is CCCCCCCCCCCC/C=C/C(O)C(CO)NC(=O)C(O)CCCCCCCCCCC. The molecule has 3 atom stereocenters. The summed E-state index contributed by atoms with van der Waals surface area (Å²) in [5, 5.41) is 32.6. The van der Waals surface area contributed by atoms with E-state index in [0.29, 0.717) is 6.42 Å². The van der Waals surface area contributed by atoms with Crippen LogP contribution in [0.15, 0.2) is 12.2 Å². The maximum absolute atomic E-state index is 12.3. The van der Waals surface area contributed by atoms with Gasteiger partial charge < -0.3 is 20.6 Å². The molecule has 0 bridgehead atoms. The van der Waals surface area contributed by atoms with E-state index in [1.807, 2.05) is 6.08 Å². The molecule has 0 rings (SSSR count). The quantitative estimate of drug-likeness (QED) is 0.0767. The lowest BCUT2D eigenvalue weighted by Crippen LogP contribution is -2.48. The zero-order valence-corrected chi connectivity index (χ0v) is 23.2. The summed E-state index contributed by atoms with van der Waals surface area (Å²) in [6.45, 7) is 4.11. The van der Waals surface area contributed by atoms with Gasteiger partial charge in [-0.3, -0.25) is 4.79 Å². The van der Waals surface area contributed by atoms with Crippen LogP contribution in [-0.2, 0) is 4.79 Å². The van der Waals surface area contributed by atoms with E-state index in [1.165, 1.54) is 96.3 Å². The van der Waals surface area contributed by atoms with E-state index in [1.54, 1.807) is 6.08 Å². The highest BCUT2D eigenvalue weighted by molar-refractivity contribution is 5.80. The summed E-state index contributed by atoms with van der Waals surface area (Å²) in [6, 6.07) is -0.788. The Balaban J connectivity index is 3.84. The number of aliphatic hydroxyl groups excluding tert-OH is 3. The van der Waals surface area contributed by atoms with Crippen molar-refractivity contribution in [2.45, 2.75) is 167 Å². The normalized spacial score (nSPS) is 14.3. The Morgan fingerprint density at radius 1 is 0.686 bits per heavy atom. The van der Waals surface area contributed by atoms with Crippen LogP contribution in [-0.4, -0.2) is 46.1 Å². The third-order valence-corrected chi connectivity index (χ3v) is 6.88. The van der Waals surface area contributed by atoms with Gasteiger partial charge in [0.2, 0.25) is 5.91 Å². The zero-order chi connectivity index (χ0) is 26.0. The van der Waals surface area contributed by atoms with E-state index in [2.05, 4.69) is 19.2 Å². The first kappa shape index (κ1) is 34.1. The van der Waals surface area contributed by atoms with E-state index in [4.69, 9.17) is 0 Å². The number of amides is 1. The fourth-order valence-corrected chi connectivity index (χ4v) is 4.42. The molecule has 0 heterocycles. The van der Waals surface area contributed by atoms with Crippen LogP contribution in [0.3, 0.4) is 0 Å². The third kappa shape index (κ3) is 22.0. The first-order valence-corrected chi connectivity index (χ1v) is 15.0. The second kappa shape index (κ2) is 26.2. The molecule has 0 aromatic heterocycles. The molecule has 0 radical (unpaired) electrons. The lowest BCUT2D eigenvalue weighted by molar-refractivity contribution is -0.131. The Morgan fingerprint density at radius 3 is 1.57 bits per heavy atom. The molecule has 208 valence electrons. The number of nitrogens with one attached hydrogen (secondary N) is 1. The van der Waals surface area contributed by atoms with Crippen LogP contribution in [0.4, 0.5) is 0 Å². The number of rotatable bonds is 26. The van der Waals surface area contributed by atoms with Gasteiger partial charge in [0, 0.05) is 0 Å². The van der Waals surface area contributed by atoms with Crippen molar-refractivity contribution in [2.75, 3.05) is 6.61 Å². The summed E-state index contributed by atoms with van der Waals surface area (Å²) < 4.78 is 0. The number of allylic oxidation sites excluding steroid dienone is 1. The lowest BCUT2D eigenvalue weighted by Gasteiger charge is -2.21. The number of aliphatic hydroxyl groups is 3. The standard InChI is InChI=1S/C30H59NO4/c1-3-5-7-9-11-13-14-15-17-18-20-22-24-28(33)27(26-32)31-30(35)29(34)25-23-21-19-16-12-10-8-6-4-2/h22,24,27-29,32-34H,3-21,23,25-26H2,1-2H3,(H,31,35)/b24-22+. The minimum Gasteiger partial charge on any atom is -0.394 e. The summed E-state index contributed by atoms with van der Waals surface area (Å²) in [5.74, 6) is -0.509. The molecule has 0 spiro atoms. The average molecular weight is 498 g/mol. The van der Waals surface area contributed by atoms with Crippen LogP contribution in [0.2, 0.25) is 0 Å². The van der Waals surface area contributed by atoms with Crippen molar-refractivity contribution < 1.29 is 20.1 Å². The number of carbonyl (C=O) groups excluding carboxylic acids is 1. The summed E-state index contributed by atoms with van der Waals surface area (Å²) in [7, 11) is 0. The number of carbonyl (C=O) groups is 1. The molecular weight excluding hydrogens is 438 g/mol. The number of unbranched alkanes of at least 4 members (excludes halogenated alkanes) is 18. The van der Waals surface area contributed by atoms with Crippen molar-refractivity contribution in [1.82, 2.24) is 5.32 Å². The second-order valence-corrected chi connectivity index (χ2v) is 10.3. The Kier molecular flexibility index (Phi) is 25.5. The maximum atomic E-state index is 12.3. The molecule has 0 aliphatic carbocycles. The fourth-order valence-electron chi connectivity index (χ4n) is 4.42. The fraction of sp³-hybridized carbons (Fsp3) is 0.900. The predicted octanol–water partition coefficient (Wildman–Crippen LogP) is 6.97. The van der Waals surface area contributed by atoms with Crippen molar-refractivity contribution in [1.29, 1.82) is 0 Å². The van der Waals surface area contributed by atoms with Gasteiger partial charge in [-0.05, 0) is 19.3 Å². The Hall–Kier alpha value is -0.910. The summed E-state index contributed by atoms with van der Waals surface area (Å²) >= 11 is 0. The summed E-state index contributed by atoms with van der Waals surface area (Å²) in [5.41, 5.74) is 0. The van der Waals surface area contributed by atoms with E-state index >= 15 is 0 Å². The molecule has 0 aliphatic rings. The smallest absolute Gasteiger partial charge is 0.249 e. The first-order valence-electron chi connectivity index (χ1n) is 15.0. The molecule has 3 unspecified atom stereocenters. The van der Waals surface area contributed by atoms with Crippen LogP contribution in [0.1, 0.15) is 149 Å². The highest BCUT2D eigenvalue weighted by atomic mass is 16.3. The molecule has 0 aromatic rings. The van der Waals surface area contributed by atoms with E-state index in [-0.39, 0.29) is 6.61 Å². The minimum absolute atomic E-state index is 0.361. The van der Waals surface area contributed by atoms with Gasteiger partial charge >= 0.3 is 0 Å². The highest BCUT2D eigenvalue weighted by Gasteiger charge is 2.22. The van der Waals surface area contributed by atoms with Gasteiger partial charge in [-0.25, -0.2) is 0 Å². The predicted molar refractivity (Wildman–Crippen MR) is 148 cm³/mol. The van der Waals surface area contributed by atoms with Crippen molar-refractivity contribution in [3.63, 3.8) is 0 Å². The lowest BCUT2D eigenvalue weighted by atomic mass is 10.0. The number of hydrogen-bond donors (Lipinski definition) is 4. The highest BCUT2D eigenvalue weighted by Crippen LogP contribution is 2.13. The molecule has 0 aliphatic heterocycles. The Labute approximate surface area is 217 Å². The molecule has 5 heteroatoms.